The number of carbonyl (C=O) groups is 1. The molecule has 3 N–H and O–H groups in total. The lowest BCUT2D eigenvalue weighted by Crippen LogP contribution is -2.47. The molecule has 20 heavy (non-hydrogen) atoms. The third-order valence-corrected chi connectivity index (χ3v) is 4.57. The summed E-state index contributed by atoms with van der Waals surface area (Å²) < 4.78 is 26.6. The van der Waals surface area contributed by atoms with E-state index in [0.717, 1.165) is 6.42 Å². The molecular formula is C13H19N3O3S. The molecule has 2 rings (SSSR count). The van der Waals surface area contributed by atoms with E-state index < -0.39 is 15.6 Å². The van der Waals surface area contributed by atoms with Crippen molar-refractivity contribution in [2.75, 3.05) is 17.2 Å². The van der Waals surface area contributed by atoms with Crippen molar-refractivity contribution < 1.29 is 13.2 Å². The fraction of sp³-hybridized carbons (Fsp3) is 0.462. The van der Waals surface area contributed by atoms with Crippen LogP contribution in [0.15, 0.2) is 23.1 Å². The van der Waals surface area contributed by atoms with Crippen molar-refractivity contribution in [2.45, 2.75) is 37.6 Å². The van der Waals surface area contributed by atoms with Crippen molar-refractivity contribution in [3.8, 4) is 0 Å². The van der Waals surface area contributed by atoms with Crippen LogP contribution < -0.4 is 15.4 Å². The molecule has 0 saturated heterocycles. The predicted octanol–water partition coefficient (Wildman–Crippen LogP) is 1.52. The van der Waals surface area contributed by atoms with Crippen molar-refractivity contribution in [1.82, 2.24) is 4.72 Å². The van der Waals surface area contributed by atoms with Crippen LogP contribution in [0, 0.1) is 0 Å². The van der Waals surface area contributed by atoms with Crippen LogP contribution in [0.3, 0.4) is 0 Å². The predicted molar refractivity (Wildman–Crippen MR) is 78.3 cm³/mol. The second kappa shape index (κ2) is 5.06. The van der Waals surface area contributed by atoms with Gasteiger partial charge in [0.15, 0.2) is 0 Å². The molecule has 110 valence electrons. The number of benzene rings is 1. The number of hydrogen-bond donors (Lipinski definition) is 3. The lowest BCUT2D eigenvalue weighted by Gasteiger charge is -2.32. The Bertz CT molecular complexity index is 638. The molecule has 6 nitrogen and oxygen atoms in total. The molecule has 0 fully saturated rings. The van der Waals surface area contributed by atoms with Gasteiger partial charge in [0, 0.05) is 6.54 Å². The molecule has 0 spiro atoms. The SMILES string of the molecule is CCCNS(=O)(=O)c1ccc2c(c1)NC(=O)C(C)(C)N2. The number of anilines is 2. The number of carbonyl (C=O) groups excluding carboxylic acids is 1. The summed E-state index contributed by atoms with van der Waals surface area (Å²) in [6.45, 7) is 5.80. The molecule has 1 aliphatic heterocycles. The normalized spacial score (nSPS) is 17.1. The van der Waals surface area contributed by atoms with Crippen molar-refractivity contribution in [3.05, 3.63) is 18.2 Å². The van der Waals surface area contributed by atoms with E-state index in [4.69, 9.17) is 0 Å². The number of nitrogens with one attached hydrogen (secondary N) is 3. The standard InChI is InChI=1S/C13H19N3O3S/c1-4-7-14-20(18,19)9-5-6-10-11(8-9)15-12(17)13(2,3)16-10/h5-6,8,14,16H,4,7H2,1-3H3,(H,15,17). The average Bonchev–Trinajstić information content (AvgIpc) is 2.37. The van der Waals surface area contributed by atoms with Gasteiger partial charge in [-0.25, -0.2) is 13.1 Å². The maximum atomic E-state index is 12.0. The summed E-state index contributed by atoms with van der Waals surface area (Å²) in [6.07, 6.45) is 0.719. The summed E-state index contributed by atoms with van der Waals surface area (Å²) in [6, 6.07) is 4.65. The maximum absolute atomic E-state index is 12.0. The van der Waals surface area contributed by atoms with E-state index in [2.05, 4.69) is 15.4 Å². The number of amides is 1. The Morgan fingerprint density at radius 2 is 1.95 bits per heavy atom. The van der Waals surface area contributed by atoms with Crippen molar-refractivity contribution in [1.29, 1.82) is 0 Å². The van der Waals surface area contributed by atoms with Gasteiger partial charge < -0.3 is 10.6 Å². The molecule has 7 heteroatoms. The van der Waals surface area contributed by atoms with Crippen LogP contribution in [0.25, 0.3) is 0 Å². The van der Waals surface area contributed by atoms with Gasteiger partial charge in [-0.3, -0.25) is 4.79 Å². The smallest absolute Gasteiger partial charge is 0.249 e. The highest BCUT2D eigenvalue weighted by molar-refractivity contribution is 7.89. The molecular weight excluding hydrogens is 278 g/mol. The summed E-state index contributed by atoms with van der Waals surface area (Å²) in [5, 5.41) is 5.81. The molecule has 0 atom stereocenters. The molecule has 0 radical (unpaired) electrons. The zero-order chi connectivity index (χ0) is 15.0. The van der Waals surface area contributed by atoms with E-state index >= 15 is 0 Å². The first kappa shape index (κ1) is 14.8. The Morgan fingerprint density at radius 3 is 2.60 bits per heavy atom. The van der Waals surface area contributed by atoms with Crippen LogP contribution in [-0.2, 0) is 14.8 Å². The summed E-state index contributed by atoms with van der Waals surface area (Å²) in [5.74, 6) is -0.193. The van der Waals surface area contributed by atoms with Crippen molar-refractivity contribution in [2.24, 2.45) is 0 Å². The fourth-order valence-electron chi connectivity index (χ4n) is 1.89. The second-order valence-electron chi connectivity index (χ2n) is 5.31. The highest BCUT2D eigenvalue weighted by Gasteiger charge is 2.33. The van der Waals surface area contributed by atoms with Gasteiger partial charge in [-0.15, -0.1) is 0 Å². The molecule has 1 heterocycles. The van der Waals surface area contributed by atoms with E-state index in [1.807, 2.05) is 6.92 Å². The van der Waals surface area contributed by atoms with Gasteiger partial charge in [-0.1, -0.05) is 6.92 Å². The van der Waals surface area contributed by atoms with Crippen LogP contribution in [0.1, 0.15) is 27.2 Å². The third-order valence-electron chi connectivity index (χ3n) is 3.11. The summed E-state index contributed by atoms with van der Waals surface area (Å²) in [5.41, 5.74) is 0.478. The lowest BCUT2D eigenvalue weighted by atomic mass is 10.0. The van der Waals surface area contributed by atoms with E-state index in [9.17, 15) is 13.2 Å². The Balaban J connectivity index is 2.34. The molecule has 1 aliphatic rings. The van der Waals surface area contributed by atoms with Gasteiger partial charge in [0.25, 0.3) is 0 Å². The zero-order valence-electron chi connectivity index (χ0n) is 11.8. The number of rotatable bonds is 4. The fourth-order valence-corrected chi connectivity index (χ4v) is 3.05. The van der Waals surface area contributed by atoms with Gasteiger partial charge in [0.1, 0.15) is 5.54 Å². The minimum absolute atomic E-state index is 0.145. The number of sulfonamides is 1. The number of hydrogen-bond acceptors (Lipinski definition) is 4. The van der Waals surface area contributed by atoms with Crippen molar-refractivity contribution >= 4 is 27.3 Å². The molecule has 0 aliphatic carbocycles. The Labute approximate surface area is 119 Å². The summed E-state index contributed by atoms with van der Waals surface area (Å²) in [4.78, 5) is 12.0. The molecule has 0 unspecified atom stereocenters. The largest absolute Gasteiger partial charge is 0.370 e. The van der Waals surface area contributed by atoms with Crippen LogP contribution in [0.2, 0.25) is 0 Å². The zero-order valence-corrected chi connectivity index (χ0v) is 12.6. The lowest BCUT2D eigenvalue weighted by molar-refractivity contribution is -0.119. The molecule has 1 amide bonds. The Kier molecular flexibility index (Phi) is 3.75. The van der Waals surface area contributed by atoms with Crippen LogP contribution in [-0.4, -0.2) is 26.4 Å². The van der Waals surface area contributed by atoms with E-state index in [1.165, 1.54) is 12.1 Å². The minimum atomic E-state index is -3.53. The van der Waals surface area contributed by atoms with Crippen LogP contribution >= 0.6 is 0 Å². The van der Waals surface area contributed by atoms with E-state index in [-0.39, 0.29) is 10.8 Å². The molecule has 1 aromatic rings. The van der Waals surface area contributed by atoms with Gasteiger partial charge >= 0.3 is 0 Å². The first-order chi connectivity index (χ1) is 9.26. The first-order valence-electron chi connectivity index (χ1n) is 6.49. The molecule has 1 aromatic carbocycles. The first-order valence-corrected chi connectivity index (χ1v) is 7.98. The topological polar surface area (TPSA) is 87.3 Å². The maximum Gasteiger partial charge on any atom is 0.249 e. The summed E-state index contributed by atoms with van der Waals surface area (Å²) >= 11 is 0. The van der Waals surface area contributed by atoms with Crippen LogP contribution in [0.4, 0.5) is 11.4 Å². The van der Waals surface area contributed by atoms with Gasteiger partial charge in [0.05, 0.1) is 16.3 Å². The van der Waals surface area contributed by atoms with Gasteiger partial charge in [-0.2, -0.15) is 0 Å². The second-order valence-corrected chi connectivity index (χ2v) is 7.08. The average molecular weight is 297 g/mol. The monoisotopic (exact) mass is 297 g/mol. The van der Waals surface area contributed by atoms with Crippen molar-refractivity contribution in [3.63, 3.8) is 0 Å². The van der Waals surface area contributed by atoms with Gasteiger partial charge in [-0.05, 0) is 38.5 Å². The van der Waals surface area contributed by atoms with E-state index in [0.29, 0.717) is 17.9 Å². The minimum Gasteiger partial charge on any atom is -0.370 e. The van der Waals surface area contributed by atoms with Gasteiger partial charge in [0.2, 0.25) is 15.9 Å². The summed E-state index contributed by atoms with van der Waals surface area (Å²) in [7, 11) is -3.53. The quantitative estimate of drug-likeness (QED) is 0.786. The molecule has 0 bridgehead atoms. The molecule has 0 saturated carbocycles. The third kappa shape index (κ3) is 2.78. The Hall–Kier alpha value is -1.60. The van der Waals surface area contributed by atoms with E-state index in [1.54, 1.807) is 19.9 Å². The number of fused-ring (bicyclic) bond motifs is 1. The molecule has 0 aromatic heterocycles. The highest BCUT2D eigenvalue weighted by atomic mass is 32.2. The Morgan fingerprint density at radius 1 is 1.25 bits per heavy atom. The van der Waals surface area contributed by atoms with Crippen LogP contribution in [0.5, 0.6) is 0 Å². The highest BCUT2D eigenvalue weighted by Crippen LogP contribution is 2.32.